The molecule has 2 aliphatic rings. The number of nitrogens with zero attached hydrogens (tertiary/aromatic N) is 5. The van der Waals surface area contributed by atoms with Gasteiger partial charge in [-0.05, 0) is 51.5 Å². The highest BCUT2D eigenvalue weighted by atomic mass is 16.5. The summed E-state index contributed by atoms with van der Waals surface area (Å²) in [5.41, 5.74) is 2.97. The molecule has 9 heteroatoms. The summed E-state index contributed by atoms with van der Waals surface area (Å²) >= 11 is 0. The summed E-state index contributed by atoms with van der Waals surface area (Å²) in [5, 5.41) is 3.38. The second kappa shape index (κ2) is 11.4. The highest BCUT2D eigenvalue weighted by molar-refractivity contribution is 5.75. The van der Waals surface area contributed by atoms with E-state index in [2.05, 4.69) is 15.3 Å². The number of aromatic nitrogens is 4. The molecule has 0 spiro atoms. The maximum atomic E-state index is 13.5. The summed E-state index contributed by atoms with van der Waals surface area (Å²) in [6.07, 6.45) is 16.2. The van der Waals surface area contributed by atoms with Crippen molar-refractivity contribution in [2.24, 2.45) is 5.92 Å². The van der Waals surface area contributed by atoms with Crippen molar-refractivity contribution in [2.45, 2.75) is 77.3 Å². The Balaban J connectivity index is 1.52. The van der Waals surface area contributed by atoms with Crippen LogP contribution < -0.4 is 14.8 Å². The number of rotatable bonds is 4. The summed E-state index contributed by atoms with van der Waals surface area (Å²) in [7, 11) is 1.63. The molecule has 1 aliphatic heterocycles. The van der Waals surface area contributed by atoms with E-state index in [1.165, 1.54) is 19.3 Å². The molecule has 4 bridgehead atoms. The van der Waals surface area contributed by atoms with Crippen LogP contribution in [0.15, 0.2) is 30.9 Å². The standard InChI is InChI=1S/C28H38N6O3/c1-4-34-19(2)23-16-22(25(36-3)17-30-23)24-18-33-13-12-29-26(33)27(32-24)37-14-7-5-6-11-21(31-28(34)35)15-20-9-8-10-20/h12-13,16-21H,4-11,14-15H2,1-3H3,(H,31,35)/t19-,21?/m1/s1. The third kappa shape index (κ3) is 5.50. The van der Waals surface area contributed by atoms with Crippen LogP contribution in [0.4, 0.5) is 4.79 Å². The van der Waals surface area contributed by atoms with Gasteiger partial charge < -0.3 is 24.1 Å². The Bertz CT molecular complexity index is 1220. The van der Waals surface area contributed by atoms with Crippen molar-refractivity contribution >= 4 is 11.7 Å². The van der Waals surface area contributed by atoms with E-state index in [0.717, 1.165) is 49.3 Å². The van der Waals surface area contributed by atoms with Crippen molar-refractivity contribution in [3.63, 3.8) is 0 Å². The molecule has 2 amide bonds. The molecule has 37 heavy (non-hydrogen) atoms. The lowest BCUT2D eigenvalue weighted by molar-refractivity contribution is 0.170. The van der Waals surface area contributed by atoms with E-state index in [1.807, 2.05) is 41.6 Å². The van der Waals surface area contributed by atoms with Crippen molar-refractivity contribution in [1.82, 2.24) is 29.6 Å². The van der Waals surface area contributed by atoms with Crippen molar-refractivity contribution in [3.8, 4) is 22.9 Å². The first-order valence-corrected chi connectivity index (χ1v) is 13.6. The zero-order valence-corrected chi connectivity index (χ0v) is 22.2. The molecule has 4 heterocycles. The van der Waals surface area contributed by atoms with Crippen LogP contribution in [0.1, 0.15) is 76.9 Å². The van der Waals surface area contributed by atoms with E-state index in [-0.39, 0.29) is 18.1 Å². The number of hydrogen-bond acceptors (Lipinski definition) is 6. The zero-order chi connectivity index (χ0) is 25.8. The van der Waals surface area contributed by atoms with Crippen molar-refractivity contribution in [3.05, 3.63) is 36.5 Å². The van der Waals surface area contributed by atoms with Crippen LogP contribution in [0, 0.1) is 5.92 Å². The highest BCUT2D eigenvalue weighted by Gasteiger charge is 2.27. The summed E-state index contributed by atoms with van der Waals surface area (Å²) < 4.78 is 13.7. The molecule has 0 saturated heterocycles. The largest absolute Gasteiger partial charge is 0.494 e. The summed E-state index contributed by atoms with van der Waals surface area (Å²) in [6.45, 7) is 5.20. The number of methoxy groups -OCH3 is 1. The first-order chi connectivity index (χ1) is 18.1. The van der Waals surface area contributed by atoms with E-state index in [9.17, 15) is 4.79 Å². The predicted molar refractivity (Wildman–Crippen MR) is 142 cm³/mol. The van der Waals surface area contributed by atoms with Crippen molar-refractivity contribution in [1.29, 1.82) is 0 Å². The van der Waals surface area contributed by atoms with Crippen molar-refractivity contribution < 1.29 is 14.3 Å². The van der Waals surface area contributed by atoms with Gasteiger partial charge in [-0.1, -0.05) is 25.7 Å². The van der Waals surface area contributed by atoms with Crippen LogP contribution in [0.25, 0.3) is 16.9 Å². The Morgan fingerprint density at radius 3 is 2.78 bits per heavy atom. The molecule has 1 N–H and O–H groups in total. The molecule has 0 aromatic carbocycles. The number of hydrogen-bond donors (Lipinski definition) is 1. The van der Waals surface area contributed by atoms with Gasteiger partial charge in [0.05, 0.1) is 37.3 Å². The average Bonchev–Trinajstić information content (AvgIpc) is 3.36. The van der Waals surface area contributed by atoms with Gasteiger partial charge in [0.1, 0.15) is 5.75 Å². The number of pyridine rings is 1. The normalized spacial score (nSPS) is 21.6. The first kappa shape index (κ1) is 25.3. The summed E-state index contributed by atoms with van der Waals surface area (Å²) in [4.78, 5) is 29.3. The Kier molecular flexibility index (Phi) is 7.76. The van der Waals surface area contributed by atoms with Gasteiger partial charge in [-0.2, -0.15) is 0 Å². The minimum Gasteiger partial charge on any atom is -0.494 e. The van der Waals surface area contributed by atoms with Gasteiger partial charge in [-0.15, -0.1) is 0 Å². The maximum Gasteiger partial charge on any atom is 0.318 e. The van der Waals surface area contributed by atoms with E-state index in [0.29, 0.717) is 36.1 Å². The fraction of sp³-hybridized carbons (Fsp3) is 0.571. The van der Waals surface area contributed by atoms with Crippen molar-refractivity contribution in [2.75, 3.05) is 20.3 Å². The van der Waals surface area contributed by atoms with E-state index in [1.54, 1.807) is 19.5 Å². The van der Waals surface area contributed by atoms with Crippen LogP contribution >= 0.6 is 0 Å². The van der Waals surface area contributed by atoms with Gasteiger partial charge in [0, 0.05) is 36.7 Å². The fourth-order valence-electron chi connectivity index (χ4n) is 5.41. The number of imidazole rings is 1. The molecule has 1 saturated carbocycles. The van der Waals surface area contributed by atoms with Gasteiger partial charge in [-0.25, -0.2) is 14.8 Å². The number of urea groups is 1. The summed E-state index contributed by atoms with van der Waals surface area (Å²) in [6, 6.07) is 1.92. The van der Waals surface area contributed by atoms with Gasteiger partial charge in [0.25, 0.3) is 5.88 Å². The summed E-state index contributed by atoms with van der Waals surface area (Å²) in [5.74, 6) is 1.85. The predicted octanol–water partition coefficient (Wildman–Crippen LogP) is 5.40. The van der Waals surface area contributed by atoms with Crippen LogP contribution in [-0.2, 0) is 0 Å². The Morgan fingerprint density at radius 2 is 2.03 bits per heavy atom. The lowest BCUT2D eigenvalue weighted by Gasteiger charge is -2.33. The second-order valence-electron chi connectivity index (χ2n) is 10.2. The van der Waals surface area contributed by atoms with Crippen LogP contribution in [-0.4, -0.2) is 56.6 Å². The van der Waals surface area contributed by atoms with Gasteiger partial charge in [-0.3, -0.25) is 4.98 Å². The quantitative estimate of drug-likeness (QED) is 0.509. The topological polar surface area (TPSA) is 93.9 Å². The molecule has 3 aromatic heterocycles. The van der Waals surface area contributed by atoms with Gasteiger partial charge in [0.2, 0.25) is 5.65 Å². The molecule has 1 aliphatic carbocycles. The smallest absolute Gasteiger partial charge is 0.318 e. The maximum absolute atomic E-state index is 13.5. The molecule has 3 aromatic rings. The number of fused-ring (bicyclic) bond motifs is 7. The highest BCUT2D eigenvalue weighted by Crippen LogP contribution is 2.34. The van der Waals surface area contributed by atoms with Crippen LogP contribution in [0.3, 0.4) is 0 Å². The number of carbonyl (C=O) groups excluding carboxylic acids is 1. The van der Waals surface area contributed by atoms with Crippen LogP contribution in [0.2, 0.25) is 0 Å². The lowest BCUT2D eigenvalue weighted by Crippen LogP contribution is -2.46. The molecular formula is C28H38N6O3. The SMILES string of the molecule is CCN1C(=O)NC(CC2CCC2)CCCCCOc2nc(cn3ccnc23)-c2cc(ncc2OC)[C@H]1C. The number of carbonyl (C=O) groups is 1. The molecule has 0 radical (unpaired) electrons. The Morgan fingerprint density at radius 1 is 1.16 bits per heavy atom. The number of nitrogens with one attached hydrogen (secondary N) is 1. The Labute approximate surface area is 218 Å². The monoisotopic (exact) mass is 506 g/mol. The van der Waals surface area contributed by atoms with E-state index >= 15 is 0 Å². The first-order valence-electron chi connectivity index (χ1n) is 13.6. The number of amides is 2. The van der Waals surface area contributed by atoms with E-state index in [4.69, 9.17) is 14.5 Å². The molecule has 198 valence electrons. The van der Waals surface area contributed by atoms with Gasteiger partial charge in [0.15, 0.2) is 0 Å². The second-order valence-corrected chi connectivity index (χ2v) is 10.2. The molecule has 1 fully saturated rings. The molecule has 5 rings (SSSR count). The molecule has 1 unspecified atom stereocenters. The zero-order valence-electron chi connectivity index (χ0n) is 22.2. The lowest BCUT2D eigenvalue weighted by atomic mass is 9.80. The average molecular weight is 507 g/mol. The molecule has 2 atom stereocenters. The van der Waals surface area contributed by atoms with Crippen LogP contribution in [0.5, 0.6) is 11.6 Å². The minimum atomic E-state index is -0.220. The van der Waals surface area contributed by atoms with E-state index < -0.39 is 0 Å². The Hall–Kier alpha value is -3.36. The van der Waals surface area contributed by atoms with Gasteiger partial charge >= 0.3 is 6.03 Å². The number of ether oxygens (including phenoxy) is 2. The molecular weight excluding hydrogens is 468 g/mol. The molecule has 9 nitrogen and oxygen atoms in total. The minimum absolute atomic E-state index is 0.0219. The third-order valence-electron chi connectivity index (χ3n) is 7.83. The third-order valence-corrected chi connectivity index (χ3v) is 7.83. The fourth-order valence-corrected chi connectivity index (χ4v) is 5.41.